The third-order valence-electron chi connectivity index (χ3n) is 2.75. The van der Waals surface area contributed by atoms with E-state index in [-0.39, 0.29) is 0 Å². The molecule has 0 saturated heterocycles. The molecule has 1 aromatic heterocycles. The average molecular weight is 225 g/mol. The van der Waals surface area contributed by atoms with E-state index in [2.05, 4.69) is 16.8 Å². The molecule has 0 amide bonds. The van der Waals surface area contributed by atoms with Gasteiger partial charge in [-0.25, -0.2) is 4.98 Å². The van der Waals surface area contributed by atoms with E-state index in [1.165, 1.54) is 35.1 Å². The van der Waals surface area contributed by atoms with Crippen molar-refractivity contribution < 1.29 is 0 Å². The van der Waals surface area contributed by atoms with Crippen molar-refractivity contribution in [1.82, 2.24) is 9.88 Å². The molecule has 0 fully saturated rings. The standard InChI is InChI=1S/C11H19N3S/c1-2-6-14-7-4-9-10(8-14)15-11(13-9)3-5-12/h2-8,12H2,1H3. The molecule has 15 heavy (non-hydrogen) atoms. The number of rotatable bonds is 4. The molecule has 1 aliphatic heterocycles. The van der Waals surface area contributed by atoms with Crippen LogP contribution in [0, 0.1) is 0 Å². The Labute approximate surface area is 95.3 Å². The zero-order valence-corrected chi connectivity index (χ0v) is 10.1. The summed E-state index contributed by atoms with van der Waals surface area (Å²) in [6.45, 7) is 6.44. The van der Waals surface area contributed by atoms with Gasteiger partial charge in [0, 0.05) is 30.8 Å². The summed E-state index contributed by atoms with van der Waals surface area (Å²) in [5.41, 5.74) is 6.88. The molecule has 0 atom stereocenters. The highest BCUT2D eigenvalue weighted by Crippen LogP contribution is 2.25. The van der Waals surface area contributed by atoms with Crippen molar-refractivity contribution >= 4 is 11.3 Å². The highest BCUT2D eigenvalue weighted by atomic mass is 32.1. The van der Waals surface area contributed by atoms with Crippen LogP contribution in [-0.2, 0) is 19.4 Å². The van der Waals surface area contributed by atoms with Gasteiger partial charge >= 0.3 is 0 Å². The summed E-state index contributed by atoms with van der Waals surface area (Å²) in [4.78, 5) is 8.64. The molecular weight excluding hydrogens is 206 g/mol. The van der Waals surface area contributed by atoms with Crippen molar-refractivity contribution in [3.63, 3.8) is 0 Å². The summed E-state index contributed by atoms with van der Waals surface area (Å²) >= 11 is 1.86. The smallest absolute Gasteiger partial charge is 0.0944 e. The van der Waals surface area contributed by atoms with Gasteiger partial charge in [-0.2, -0.15) is 0 Å². The zero-order chi connectivity index (χ0) is 10.7. The van der Waals surface area contributed by atoms with Crippen molar-refractivity contribution in [1.29, 1.82) is 0 Å². The number of nitrogens with two attached hydrogens (primary N) is 1. The van der Waals surface area contributed by atoms with Crippen LogP contribution in [0.5, 0.6) is 0 Å². The minimum Gasteiger partial charge on any atom is -0.330 e. The first-order chi connectivity index (χ1) is 7.33. The van der Waals surface area contributed by atoms with Crippen molar-refractivity contribution in [2.45, 2.75) is 32.7 Å². The minimum absolute atomic E-state index is 0.713. The van der Waals surface area contributed by atoms with Crippen LogP contribution in [0.3, 0.4) is 0 Å². The van der Waals surface area contributed by atoms with E-state index in [9.17, 15) is 0 Å². The van der Waals surface area contributed by atoms with E-state index in [4.69, 9.17) is 5.73 Å². The second-order valence-electron chi connectivity index (χ2n) is 4.04. The zero-order valence-electron chi connectivity index (χ0n) is 9.33. The lowest BCUT2D eigenvalue weighted by molar-refractivity contribution is 0.256. The van der Waals surface area contributed by atoms with Crippen molar-refractivity contribution in [3.8, 4) is 0 Å². The second kappa shape index (κ2) is 5.05. The van der Waals surface area contributed by atoms with Crippen LogP contribution in [0.2, 0.25) is 0 Å². The molecule has 4 heteroatoms. The molecule has 2 N–H and O–H groups in total. The topological polar surface area (TPSA) is 42.2 Å². The summed E-state index contributed by atoms with van der Waals surface area (Å²) < 4.78 is 0. The SMILES string of the molecule is CCCN1CCc2nc(CCN)sc2C1. The lowest BCUT2D eigenvalue weighted by Crippen LogP contribution is -2.30. The molecule has 2 heterocycles. The molecule has 0 unspecified atom stereocenters. The summed E-state index contributed by atoms with van der Waals surface area (Å²) in [7, 11) is 0. The van der Waals surface area contributed by atoms with Gasteiger partial charge in [0.25, 0.3) is 0 Å². The van der Waals surface area contributed by atoms with E-state index < -0.39 is 0 Å². The van der Waals surface area contributed by atoms with Crippen LogP contribution in [0.25, 0.3) is 0 Å². The first-order valence-corrected chi connectivity index (χ1v) is 6.55. The molecule has 2 rings (SSSR count). The van der Waals surface area contributed by atoms with Gasteiger partial charge in [0.15, 0.2) is 0 Å². The summed E-state index contributed by atoms with van der Waals surface area (Å²) in [6, 6.07) is 0. The quantitative estimate of drug-likeness (QED) is 0.842. The maximum Gasteiger partial charge on any atom is 0.0944 e. The summed E-state index contributed by atoms with van der Waals surface area (Å²) in [5.74, 6) is 0. The Bertz CT molecular complexity index is 322. The summed E-state index contributed by atoms with van der Waals surface area (Å²) in [6.07, 6.45) is 3.30. The minimum atomic E-state index is 0.713. The van der Waals surface area contributed by atoms with Gasteiger partial charge in [-0.1, -0.05) is 6.92 Å². The lowest BCUT2D eigenvalue weighted by atomic mass is 10.2. The van der Waals surface area contributed by atoms with E-state index in [0.717, 1.165) is 19.4 Å². The van der Waals surface area contributed by atoms with Gasteiger partial charge in [0.2, 0.25) is 0 Å². The third-order valence-corrected chi connectivity index (χ3v) is 3.89. The highest BCUT2D eigenvalue weighted by molar-refractivity contribution is 7.11. The van der Waals surface area contributed by atoms with Gasteiger partial charge in [0.1, 0.15) is 0 Å². The monoisotopic (exact) mass is 225 g/mol. The Morgan fingerprint density at radius 3 is 3.13 bits per heavy atom. The maximum absolute atomic E-state index is 5.55. The highest BCUT2D eigenvalue weighted by Gasteiger charge is 2.19. The number of aromatic nitrogens is 1. The van der Waals surface area contributed by atoms with Gasteiger partial charge in [-0.05, 0) is 19.5 Å². The lowest BCUT2D eigenvalue weighted by Gasteiger charge is -2.25. The number of hydrogen-bond donors (Lipinski definition) is 1. The normalized spacial score (nSPS) is 16.7. The third kappa shape index (κ3) is 2.56. The second-order valence-corrected chi connectivity index (χ2v) is 5.21. The summed E-state index contributed by atoms with van der Waals surface area (Å²) in [5, 5.41) is 1.22. The van der Waals surface area contributed by atoms with Crippen LogP contribution >= 0.6 is 11.3 Å². The van der Waals surface area contributed by atoms with Gasteiger partial charge < -0.3 is 5.73 Å². The number of nitrogens with zero attached hydrogens (tertiary/aromatic N) is 2. The number of thiazole rings is 1. The maximum atomic E-state index is 5.55. The van der Waals surface area contributed by atoms with Crippen molar-refractivity contribution in [2.24, 2.45) is 5.73 Å². The number of fused-ring (bicyclic) bond motifs is 1. The molecule has 0 radical (unpaired) electrons. The Morgan fingerprint density at radius 1 is 1.53 bits per heavy atom. The van der Waals surface area contributed by atoms with Crippen LogP contribution in [0.4, 0.5) is 0 Å². The fraction of sp³-hybridized carbons (Fsp3) is 0.727. The Balaban J connectivity index is 2.05. The molecule has 0 spiro atoms. The van der Waals surface area contributed by atoms with Crippen LogP contribution < -0.4 is 5.73 Å². The molecule has 3 nitrogen and oxygen atoms in total. The fourth-order valence-corrected chi connectivity index (χ4v) is 3.21. The first-order valence-electron chi connectivity index (χ1n) is 5.73. The van der Waals surface area contributed by atoms with E-state index in [1.54, 1.807) is 0 Å². The molecule has 0 saturated carbocycles. The van der Waals surface area contributed by atoms with Crippen LogP contribution in [0.15, 0.2) is 0 Å². The Hall–Kier alpha value is -0.450. The van der Waals surface area contributed by atoms with Crippen LogP contribution in [-0.4, -0.2) is 29.5 Å². The average Bonchev–Trinajstić information content (AvgIpc) is 2.60. The first kappa shape index (κ1) is 11.0. The van der Waals surface area contributed by atoms with Crippen LogP contribution in [0.1, 0.15) is 28.9 Å². The Kier molecular flexibility index (Phi) is 3.72. The van der Waals surface area contributed by atoms with Gasteiger partial charge in [-0.3, -0.25) is 4.90 Å². The molecule has 0 aromatic carbocycles. The van der Waals surface area contributed by atoms with E-state index >= 15 is 0 Å². The van der Waals surface area contributed by atoms with Gasteiger partial charge in [0.05, 0.1) is 10.7 Å². The molecule has 84 valence electrons. The molecule has 1 aromatic rings. The molecular formula is C11H19N3S. The van der Waals surface area contributed by atoms with Crippen molar-refractivity contribution in [2.75, 3.05) is 19.6 Å². The molecule has 1 aliphatic rings. The largest absolute Gasteiger partial charge is 0.330 e. The van der Waals surface area contributed by atoms with Gasteiger partial charge in [-0.15, -0.1) is 11.3 Å². The Morgan fingerprint density at radius 2 is 2.40 bits per heavy atom. The van der Waals surface area contributed by atoms with E-state index in [1.807, 2.05) is 11.3 Å². The molecule has 0 aliphatic carbocycles. The van der Waals surface area contributed by atoms with E-state index in [0.29, 0.717) is 6.54 Å². The predicted octanol–water partition coefficient (Wildman–Crippen LogP) is 1.41. The number of hydrogen-bond acceptors (Lipinski definition) is 4. The van der Waals surface area contributed by atoms with Crippen molar-refractivity contribution in [3.05, 3.63) is 15.6 Å². The predicted molar refractivity (Wildman–Crippen MR) is 64.1 cm³/mol. The fourth-order valence-electron chi connectivity index (χ4n) is 2.04. The molecule has 0 bridgehead atoms.